The number of fused-ring (bicyclic) bond motifs is 1. The maximum atomic E-state index is 12.8. The molecule has 2 heterocycles. The predicted octanol–water partition coefficient (Wildman–Crippen LogP) is 4.77. The summed E-state index contributed by atoms with van der Waals surface area (Å²) in [5.41, 5.74) is 3.48. The van der Waals surface area contributed by atoms with Gasteiger partial charge in [-0.1, -0.05) is 24.3 Å². The van der Waals surface area contributed by atoms with Crippen LogP contribution in [0.2, 0.25) is 0 Å². The number of nitrogens with zero attached hydrogens (tertiary/aromatic N) is 3. The van der Waals surface area contributed by atoms with Gasteiger partial charge in [-0.3, -0.25) is 0 Å². The molecule has 2 aromatic carbocycles. The van der Waals surface area contributed by atoms with Crippen molar-refractivity contribution in [3.63, 3.8) is 0 Å². The normalized spacial score (nSPS) is 11.4. The Labute approximate surface area is 171 Å². The highest BCUT2D eigenvalue weighted by atomic mass is 19.1. The molecule has 4 aromatic rings. The van der Waals surface area contributed by atoms with E-state index in [0.29, 0.717) is 6.54 Å². The van der Waals surface area contributed by atoms with E-state index < -0.39 is 6.09 Å². The number of carbonyl (C=O) groups is 1. The Kier molecular flexibility index (Phi) is 6.69. The third-order valence-electron chi connectivity index (χ3n) is 4.35. The van der Waals surface area contributed by atoms with Gasteiger partial charge in [-0.15, -0.1) is 0 Å². The lowest BCUT2D eigenvalue weighted by Crippen LogP contribution is -2.24. The van der Waals surface area contributed by atoms with Crippen LogP contribution < -0.4 is 5.32 Å². The van der Waals surface area contributed by atoms with E-state index in [1.807, 2.05) is 16.7 Å². The first-order valence-electron chi connectivity index (χ1n) is 9.17. The monoisotopic (exact) mass is 410 g/mol. The van der Waals surface area contributed by atoms with Gasteiger partial charge in [0.05, 0.1) is 18.9 Å². The minimum atomic E-state index is -1.09. The van der Waals surface area contributed by atoms with Crippen molar-refractivity contribution < 1.29 is 18.7 Å². The quantitative estimate of drug-likeness (QED) is 0.508. The van der Waals surface area contributed by atoms with Crippen molar-refractivity contribution in [1.82, 2.24) is 19.9 Å². The molecule has 0 saturated carbocycles. The fourth-order valence-electron chi connectivity index (χ4n) is 2.82. The van der Waals surface area contributed by atoms with Crippen LogP contribution in [-0.4, -0.2) is 25.7 Å². The fraction of sp³-hybridized carbons (Fsp3) is 0.136. The van der Waals surface area contributed by atoms with Crippen LogP contribution in [0.25, 0.3) is 11.2 Å². The first kappa shape index (κ1) is 20.9. The van der Waals surface area contributed by atoms with Gasteiger partial charge in [-0.25, -0.2) is 23.5 Å². The summed E-state index contributed by atoms with van der Waals surface area (Å²) in [6.45, 7) is 2.34. The number of hydrogen-bond acceptors (Lipinski definition) is 3. The second-order valence-corrected chi connectivity index (χ2v) is 6.57. The molecular formula is C22H20F2N4O2. The summed E-state index contributed by atoms with van der Waals surface area (Å²) in [5.74, 6) is -0.548. The van der Waals surface area contributed by atoms with Crippen LogP contribution in [-0.2, 0) is 6.54 Å². The summed E-state index contributed by atoms with van der Waals surface area (Å²) in [4.78, 5) is 18.8. The van der Waals surface area contributed by atoms with Crippen molar-refractivity contribution in [2.24, 2.45) is 0 Å². The van der Waals surface area contributed by atoms with E-state index in [4.69, 9.17) is 5.11 Å². The number of benzene rings is 2. The topological polar surface area (TPSA) is 80.0 Å². The summed E-state index contributed by atoms with van der Waals surface area (Å²) in [6, 6.07) is 15.6. The third kappa shape index (κ3) is 5.60. The zero-order valence-electron chi connectivity index (χ0n) is 16.2. The summed E-state index contributed by atoms with van der Waals surface area (Å²) in [5, 5.41) is 10.7. The predicted molar refractivity (Wildman–Crippen MR) is 109 cm³/mol. The summed E-state index contributed by atoms with van der Waals surface area (Å²) in [7, 11) is 0. The van der Waals surface area contributed by atoms with E-state index in [0.717, 1.165) is 22.3 Å². The average Bonchev–Trinajstić information content (AvgIpc) is 3.13. The highest BCUT2D eigenvalue weighted by Crippen LogP contribution is 2.13. The Morgan fingerprint density at radius 2 is 1.67 bits per heavy atom. The molecule has 1 amide bonds. The molecule has 8 heteroatoms. The Morgan fingerprint density at radius 1 is 1.03 bits per heavy atom. The van der Waals surface area contributed by atoms with Crippen molar-refractivity contribution in [2.45, 2.75) is 19.5 Å². The van der Waals surface area contributed by atoms with Crippen molar-refractivity contribution in [3.8, 4) is 0 Å². The van der Waals surface area contributed by atoms with Gasteiger partial charge in [0, 0.05) is 6.20 Å². The Bertz CT molecular complexity index is 1110. The van der Waals surface area contributed by atoms with Gasteiger partial charge in [0.2, 0.25) is 0 Å². The molecule has 0 spiro atoms. The Morgan fingerprint density at radius 3 is 2.30 bits per heavy atom. The standard InChI is InChI=1S/C13H10FN3.C9H10FNO2/c14-11-5-3-10(4-6-11)8-17-9-16-12-2-1-7-15-13(12)17;1-6(11-9(12)13)7-2-4-8(10)5-3-7/h1-7,9H,8H2;2-6,11H,1H3,(H,12,13). The van der Waals surface area contributed by atoms with E-state index in [9.17, 15) is 13.6 Å². The summed E-state index contributed by atoms with van der Waals surface area (Å²) >= 11 is 0. The second kappa shape index (κ2) is 9.60. The molecule has 0 bridgehead atoms. The van der Waals surface area contributed by atoms with Crippen molar-refractivity contribution in [2.75, 3.05) is 0 Å². The molecule has 30 heavy (non-hydrogen) atoms. The summed E-state index contributed by atoms with van der Waals surface area (Å²) in [6.07, 6.45) is 2.41. The van der Waals surface area contributed by atoms with Gasteiger partial charge in [0.1, 0.15) is 17.2 Å². The molecule has 2 N–H and O–H groups in total. The molecular weight excluding hydrogens is 390 g/mol. The number of hydrogen-bond donors (Lipinski definition) is 2. The van der Waals surface area contributed by atoms with Gasteiger partial charge >= 0.3 is 6.09 Å². The molecule has 0 aliphatic rings. The Balaban J connectivity index is 0.000000178. The van der Waals surface area contributed by atoms with Crippen LogP contribution in [0.5, 0.6) is 0 Å². The van der Waals surface area contributed by atoms with Gasteiger partial charge in [-0.2, -0.15) is 0 Å². The lowest BCUT2D eigenvalue weighted by atomic mass is 10.1. The highest BCUT2D eigenvalue weighted by Gasteiger charge is 2.07. The molecule has 0 aliphatic carbocycles. The number of aromatic nitrogens is 3. The van der Waals surface area contributed by atoms with E-state index >= 15 is 0 Å². The molecule has 0 saturated heterocycles. The average molecular weight is 410 g/mol. The minimum absolute atomic E-state index is 0.220. The first-order chi connectivity index (χ1) is 14.4. The van der Waals surface area contributed by atoms with Crippen molar-refractivity contribution in [1.29, 1.82) is 0 Å². The molecule has 0 fully saturated rings. The van der Waals surface area contributed by atoms with Crippen LogP contribution >= 0.6 is 0 Å². The molecule has 2 aromatic heterocycles. The number of carboxylic acid groups (broad SMARTS) is 1. The lowest BCUT2D eigenvalue weighted by Gasteiger charge is -2.10. The van der Waals surface area contributed by atoms with Crippen LogP contribution in [0.1, 0.15) is 24.1 Å². The van der Waals surface area contributed by atoms with Crippen molar-refractivity contribution in [3.05, 3.63) is 95.9 Å². The number of halogens is 2. The maximum Gasteiger partial charge on any atom is 0.405 e. The number of pyridine rings is 1. The maximum absolute atomic E-state index is 12.8. The number of amides is 1. The number of rotatable bonds is 4. The SMILES string of the molecule is CC(NC(=O)O)c1ccc(F)cc1.Fc1ccc(Cn2cnc3cccnc32)cc1. The second-order valence-electron chi connectivity index (χ2n) is 6.57. The van der Waals surface area contributed by atoms with Crippen LogP contribution in [0.3, 0.4) is 0 Å². The van der Waals surface area contributed by atoms with Gasteiger partial charge in [-0.05, 0) is 54.4 Å². The zero-order chi connectivity index (χ0) is 21.5. The number of imidazole rings is 1. The molecule has 154 valence electrons. The minimum Gasteiger partial charge on any atom is -0.465 e. The van der Waals surface area contributed by atoms with Gasteiger partial charge in [0.25, 0.3) is 0 Å². The van der Waals surface area contributed by atoms with Crippen molar-refractivity contribution >= 4 is 17.3 Å². The van der Waals surface area contributed by atoms with Crippen LogP contribution in [0.4, 0.5) is 13.6 Å². The Hall–Kier alpha value is -3.81. The van der Waals surface area contributed by atoms with E-state index in [1.54, 1.807) is 43.7 Å². The van der Waals surface area contributed by atoms with Gasteiger partial charge < -0.3 is 15.0 Å². The largest absolute Gasteiger partial charge is 0.465 e. The fourth-order valence-corrected chi connectivity index (χ4v) is 2.82. The zero-order valence-corrected chi connectivity index (χ0v) is 16.2. The van der Waals surface area contributed by atoms with Gasteiger partial charge in [0.15, 0.2) is 5.65 Å². The molecule has 0 radical (unpaired) electrons. The van der Waals surface area contributed by atoms with Crippen LogP contribution in [0, 0.1) is 11.6 Å². The molecule has 4 rings (SSSR count). The highest BCUT2D eigenvalue weighted by molar-refractivity contribution is 5.70. The van der Waals surface area contributed by atoms with E-state index in [1.165, 1.54) is 24.3 Å². The lowest BCUT2D eigenvalue weighted by molar-refractivity contribution is 0.191. The van der Waals surface area contributed by atoms with E-state index in [2.05, 4.69) is 15.3 Å². The molecule has 6 nitrogen and oxygen atoms in total. The number of nitrogens with one attached hydrogen (secondary N) is 1. The third-order valence-corrected chi connectivity index (χ3v) is 4.35. The molecule has 1 unspecified atom stereocenters. The first-order valence-corrected chi connectivity index (χ1v) is 9.17. The van der Waals surface area contributed by atoms with Crippen LogP contribution in [0.15, 0.2) is 73.2 Å². The molecule has 0 aliphatic heterocycles. The summed E-state index contributed by atoms with van der Waals surface area (Å²) < 4.78 is 27.2. The van der Waals surface area contributed by atoms with E-state index in [-0.39, 0.29) is 17.7 Å². The smallest absolute Gasteiger partial charge is 0.405 e. The molecule has 1 atom stereocenters.